The van der Waals surface area contributed by atoms with Gasteiger partial charge in [-0.05, 0) is 61.1 Å². The van der Waals surface area contributed by atoms with Crippen molar-refractivity contribution < 1.29 is 42.1 Å². The van der Waals surface area contributed by atoms with Gasteiger partial charge in [-0.3, -0.25) is 14.4 Å². The molecule has 3 N–H and O–H groups in total. The predicted octanol–water partition coefficient (Wildman–Crippen LogP) is 4.89. The molecule has 5 unspecified atom stereocenters. The fraction of sp³-hybridized carbons (Fsp3) is 0.462. The van der Waals surface area contributed by atoms with Crippen molar-refractivity contribution >= 4 is 29.1 Å². The molecule has 0 bridgehead atoms. The van der Waals surface area contributed by atoms with Crippen LogP contribution in [-0.2, 0) is 30.5 Å². The highest BCUT2D eigenvalue weighted by atomic mass is 19.4. The lowest BCUT2D eigenvalue weighted by Crippen LogP contribution is -2.57. The van der Waals surface area contributed by atoms with Crippen LogP contribution in [0, 0.1) is 5.92 Å². The summed E-state index contributed by atoms with van der Waals surface area (Å²) in [7, 11) is 0. The summed E-state index contributed by atoms with van der Waals surface area (Å²) in [5.74, 6) is -2.70. The summed E-state index contributed by atoms with van der Waals surface area (Å²) >= 11 is 0. The van der Waals surface area contributed by atoms with Crippen LogP contribution in [-0.4, -0.2) is 89.3 Å². The molecule has 3 aromatic rings. The molecule has 0 aromatic heterocycles. The van der Waals surface area contributed by atoms with Crippen molar-refractivity contribution in [3.05, 3.63) is 95.6 Å². The van der Waals surface area contributed by atoms with E-state index in [-0.39, 0.29) is 43.6 Å². The SMILES string of the molecule is CC1C(CN2CCC3(CC2)C(=O)NCN3c2ccccc2)OC(c2ccc(NC(=O)C3CCCN3C(=O)C(F)(F)F)cc2)OC1c1ccc(CO)cc1. The first-order valence-electron chi connectivity index (χ1n) is 18.1. The molecular weight excluding hydrogens is 691 g/mol. The van der Waals surface area contributed by atoms with Crippen molar-refractivity contribution in [2.75, 3.05) is 43.1 Å². The summed E-state index contributed by atoms with van der Waals surface area (Å²) in [6, 6.07) is 23.2. The Kier molecular flexibility index (Phi) is 10.5. The Bertz CT molecular complexity index is 1770. The van der Waals surface area contributed by atoms with Crippen LogP contribution in [0.15, 0.2) is 78.9 Å². The van der Waals surface area contributed by atoms with Gasteiger partial charge < -0.3 is 39.9 Å². The number of nitrogens with zero attached hydrogens (tertiary/aromatic N) is 3. The number of carbonyl (C=O) groups is 3. The summed E-state index contributed by atoms with van der Waals surface area (Å²) in [5.41, 5.74) is 3.17. The highest BCUT2D eigenvalue weighted by molar-refractivity contribution is 5.98. The minimum absolute atomic E-state index is 0.0538. The third kappa shape index (κ3) is 7.50. The molecule has 14 heteroatoms. The van der Waals surface area contributed by atoms with Crippen molar-refractivity contribution in [1.29, 1.82) is 0 Å². The Morgan fingerprint density at radius 2 is 1.62 bits per heavy atom. The molecule has 3 aromatic carbocycles. The molecule has 0 aliphatic carbocycles. The molecule has 4 heterocycles. The number of hydrogen-bond donors (Lipinski definition) is 3. The van der Waals surface area contributed by atoms with Crippen molar-refractivity contribution in [2.45, 2.75) is 75.5 Å². The first kappa shape index (κ1) is 36.8. The number of hydrogen-bond acceptors (Lipinski definition) is 8. The van der Waals surface area contributed by atoms with Gasteiger partial charge in [0.15, 0.2) is 6.29 Å². The number of piperidine rings is 1. The Morgan fingerprint density at radius 1 is 0.943 bits per heavy atom. The molecular formula is C39H44F3N5O6. The Hall–Kier alpha value is -4.50. The number of para-hydroxylation sites is 1. The lowest BCUT2D eigenvalue weighted by Gasteiger charge is -2.46. The Labute approximate surface area is 306 Å². The van der Waals surface area contributed by atoms with E-state index in [2.05, 4.69) is 27.4 Å². The fourth-order valence-electron chi connectivity index (χ4n) is 8.12. The van der Waals surface area contributed by atoms with Gasteiger partial charge >= 0.3 is 12.1 Å². The van der Waals surface area contributed by atoms with E-state index in [0.29, 0.717) is 61.7 Å². The summed E-state index contributed by atoms with van der Waals surface area (Å²) in [6.07, 6.45) is -4.66. The molecule has 4 aliphatic rings. The van der Waals surface area contributed by atoms with Gasteiger partial charge in [-0.25, -0.2) is 0 Å². The normalized spacial score (nSPS) is 26.1. The number of ether oxygens (including phenoxy) is 2. The number of amides is 3. The van der Waals surface area contributed by atoms with Crippen LogP contribution in [0.2, 0.25) is 0 Å². The molecule has 5 atom stereocenters. The number of nitrogens with one attached hydrogen (secondary N) is 2. The first-order chi connectivity index (χ1) is 25.5. The van der Waals surface area contributed by atoms with E-state index in [1.165, 1.54) is 0 Å². The Balaban J connectivity index is 1.05. The van der Waals surface area contributed by atoms with Gasteiger partial charge in [0.1, 0.15) is 11.6 Å². The van der Waals surface area contributed by atoms with E-state index >= 15 is 0 Å². The van der Waals surface area contributed by atoms with E-state index in [9.17, 15) is 32.7 Å². The molecule has 11 nitrogen and oxygen atoms in total. The third-order valence-electron chi connectivity index (χ3n) is 11.2. The average molecular weight is 736 g/mol. The molecule has 4 saturated heterocycles. The number of aliphatic hydroxyl groups excluding tert-OH is 1. The largest absolute Gasteiger partial charge is 0.471 e. The number of halogens is 3. The Morgan fingerprint density at radius 3 is 2.28 bits per heavy atom. The lowest BCUT2D eigenvalue weighted by atomic mass is 9.84. The van der Waals surface area contributed by atoms with E-state index in [4.69, 9.17) is 9.47 Å². The van der Waals surface area contributed by atoms with Gasteiger partial charge in [-0.15, -0.1) is 0 Å². The third-order valence-corrected chi connectivity index (χ3v) is 11.2. The maximum Gasteiger partial charge on any atom is 0.471 e. The smallest absolute Gasteiger partial charge is 0.392 e. The molecule has 4 aliphatic heterocycles. The number of benzene rings is 3. The van der Waals surface area contributed by atoms with Crippen LogP contribution < -0.4 is 15.5 Å². The second-order valence-electron chi connectivity index (χ2n) is 14.3. The lowest BCUT2D eigenvalue weighted by molar-refractivity contribution is -0.276. The molecule has 1 spiro atoms. The van der Waals surface area contributed by atoms with Gasteiger partial charge in [-0.1, -0.05) is 61.5 Å². The van der Waals surface area contributed by atoms with Crippen LogP contribution in [0.4, 0.5) is 24.5 Å². The van der Waals surface area contributed by atoms with Crippen molar-refractivity contribution in [3.63, 3.8) is 0 Å². The van der Waals surface area contributed by atoms with Crippen molar-refractivity contribution in [3.8, 4) is 0 Å². The molecule has 3 amide bonds. The highest BCUT2D eigenvalue weighted by Crippen LogP contribution is 2.43. The number of alkyl halides is 3. The fourth-order valence-corrected chi connectivity index (χ4v) is 8.12. The zero-order valence-corrected chi connectivity index (χ0v) is 29.4. The topological polar surface area (TPSA) is 124 Å². The zero-order chi connectivity index (χ0) is 37.3. The van der Waals surface area contributed by atoms with Crippen LogP contribution >= 0.6 is 0 Å². The number of likely N-dealkylation sites (tertiary alicyclic amines) is 2. The van der Waals surface area contributed by atoms with Gasteiger partial charge in [0.05, 0.1) is 25.5 Å². The van der Waals surface area contributed by atoms with E-state index in [1.54, 1.807) is 24.3 Å². The summed E-state index contributed by atoms with van der Waals surface area (Å²) in [5, 5.41) is 15.3. The molecule has 7 rings (SSSR count). The average Bonchev–Trinajstić information content (AvgIpc) is 3.78. The van der Waals surface area contributed by atoms with E-state index in [0.717, 1.165) is 16.8 Å². The van der Waals surface area contributed by atoms with Crippen molar-refractivity contribution in [2.24, 2.45) is 5.92 Å². The summed E-state index contributed by atoms with van der Waals surface area (Å²) < 4.78 is 52.6. The maximum absolute atomic E-state index is 13.2. The predicted molar refractivity (Wildman–Crippen MR) is 189 cm³/mol. The van der Waals surface area contributed by atoms with Crippen LogP contribution in [0.5, 0.6) is 0 Å². The second kappa shape index (κ2) is 15.1. The van der Waals surface area contributed by atoms with E-state index < -0.39 is 35.9 Å². The first-order valence-corrected chi connectivity index (χ1v) is 18.1. The number of rotatable bonds is 8. The molecule has 4 fully saturated rings. The van der Waals surface area contributed by atoms with Crippen molar-refractivity contribution in [1.82, 2.24) is 15.1 Å². The quantitative estimate of drug-likeness (QED) is 0.299. The van der Waals surface area contributed by atoms with Gasteiger partial charge in [0.25, 0.3) is 0 Å². The molecule has 0 saturated carbocycles. The molecule has 53 heavy (non-hydrogen) atoms. The minimum atomic E-state index is -5.05. The van der Waals surface area contributed by atoms with Gasteiger partial charge in [0.2, 0.25) is 11.8 Å². The second-order valence-corrected chi connectivity index (χ2v) is 14.3. The summed E-state index contributed by atoms with van der Waals surface area (Å²) in [6.45, 7) is 4.37. The zero-order valence-electron chi connectivity index (χ0n) is 29.4. The maximum atomic E-state index is 13.2. The van der Waals surface area contributed by atoms with Crippen LogP contribution in [0.3, 0.4) is 0 Å². The molecule has 282 valence electrons. The number of anilines is 2. The molecule has 0 radical (unpaired) electrons. The van der Waals surface area contributed by atoms with Gasteiger partial charge in [0, 0.05) is 49.0 Å². The number of carbonyl (C=O) groups excluding carboxylic acids is 3. The number of aliphatic hydroxyl groups is 1. The highest BCUT2D eigenvalue weighted by Gasteiger charge is 2.51. The van der Waals surface area contributed by atoms with Crippen LogP contribution in [0.25, 0.3) is 0 Å². The monoisotopic (exact) mass is 735 g/mol. The van der Waals surface area contributed by atoms with E-state index in [1.807, 2.05) is 54.6 Å². The summed E-state index contributed by atoms with van der Waals surface area (Å²) in [4.78, 5) is 43.2. The van der Waals surface area contributed by atoms with Gasteiger partial charge in [-0.2, -0.15) is 13.2 Å². The minimum Gasteiger partial charge on any atom is -0.392 e. The van der Waals surface area contributed by atoms with Crippen LogP contribution in [0.1, 0.15) is 61.7 Å². The standard InChI is InChI=1S/C39H44F3N5O6/c1-25-32(22-45-20-17-38(18-21-45)36(50)43-24-47(38)30-6-3-2-4-7-30)52-35(53-33(25)27-11-9-26(23-48)10-12-27)28-13-15-29(16-14-28)44-34(49)31-8-5-19-46(31)37(51)39(40,41)42/h2-4,6-7,9-16,25,31-33,35,48H,5,8,17-24H2,1H3,(H,43,50)(H,44,49).